The molecule has 1 atom stereocenters. The Labute approximate surface area is 160 Å². The molecule has 0 saturated heterocycles. The standard InChI is InChI=1S/C20H26N2O4S/c1-14-5-10-19(15(2)13-14)26-12-11-21-20(23)22-16(3)17-6-8-18(9-7-17)27(4,24)25/h5-10,13,16H,11-12H2,1-4H3,(H2,21,22,23)/t16-/m1/s1. The van der Waals surface area contributed by atoms with Crippen molar-refractivity contribution in [2.45, 2.75) is 31.7 Å². The monoisotopic (exact) mass is 390 g/mol. The van der Waals surface area contributed by atoms with Crippen LogP contribution in [0.3, 0.4) is 0 Å². The normalized spacial score (nSPS) is 12.3. The highest BCUT2D eigenvalue weighted by Gasteiger charge is 2.11. The molecule has 0 saturated carbocycles. The first kappa shape index (κ1) is 20.8. The molecular weight excluding hydrogens is 364 g/mol. The summed E-state index contributed by atoms with van der Waals surface area (Å²) >= 11 is 0. The van der Waals surface area contributed by atoms with Crippen LogP contribution in [-0.2, 0) is 9.84 Å². The molecule has 2 aromatic carbocycles. The van der Waals surface area contributed by atoms with E-state index < -0.39 is 9.84 Å². The molecule has 2 N–H and O–H groups in total. The third kappa shape index (κ3) is 6.29. The quantitative estimate of drug-likeness (QED) is 0.712. The summed E-state index contributed by atoms with van der Waals surface area (Å²) in [6.45, 7) is 6.59. The molecule has 146 valence electrons. The Hall–Kier alpha value is -2.54. The summed E-state index contributed by atoms with van der Waals surface area (Å²) in [5.41, 5.74) is 3.06. The van der Waals surface area contributed by atoms with Gasteiger partial charge in [0.05, 0.1) is 17.5 Å². The Morgan fingerprint density at radius 3 is 2.37 bits per heavy atom. The summed E-state index contributed by atoms with van der Waals surface area (Å²) in [5.74, 6) is 0.808. The summed E-state index contributed by atoms with van der Waals surface area (Å²) in [6, 6.07) is 11.9. The van der Waals surface area contributed by atoms with Gasteiger partial charge < -0.3 is 15.4 Å². The van der Waals surface area contributed by atoms with Crippen molar-refractivity contribution in [2.24, 2.45) is 0 Å². The Morgan fingerprint density at radius 2 is 1.78 bits per heavy atom. The number of amides is 2. The maximum absolute atomic E-state index is 12.0. The number of rotatable bonds is 7. The molecule has 0 aliphatic heterocycles. The molecule has 7 heteroatoms. The fourth-order valence-corrected chi connectivity index (χ4v) is 3.25. The van der Waals surface area contributed by atoms with Crippen LogP contribution in [0.4, 0.5) is 4.79 Å². The van der Waals surface area contributed by atoms with Gasteiger partial charge in [0.25, 0.3) is 0 Å². The van der Waals surface area contributed by atoms with Gasteiger partial charge in [-0.3, -0.25) is 0 Å². The van der Waals surface area contributed by atoms with E-state index in [0.717, 1.165) is 23.1 Å². The smallest absolute Gasteiger partial charge is 0.315 e. The summed E-state index contributed by atoms with van der Waals surface area (Å²) in [7, 11) is -3.23. The van der Waals surface area contributed by atoms with Crippen LogP contribution in [0.15, 0.2) is 47.4 Å². The highest BCUT2D eigenvalue weighted by molar-refractivity contribution is 7.90. The molecule has 0 aromatic heterocycles. The first-order valence-corrected chi connectivity index (χ1v) is 10.6. The number of hydrogen-bond acceptors (Lipinski definition) is 4. The molecule has 0 unspecified atom stereocenters. The Balaban J connectivity index is 1.78. The Bertz CT molecular complexity index is 893. The second kappa shape index (κ2) is 8.90. The van der Waals surface area contributed by atoms with E-state index in [2.05, 4.69) is 10.6 Å². The number of sulfone groups is 1. The first-order valence-electron chi connectivity index (χ1n) is 8.71. The molecule has 0 heterocycles. The molecule has 0 radical (unpaired) electrons. The zero-order valence-corrected chi connectivity index (χ0v) is 16.9. The minimum atomic E-state index is -3.23. The predicted molar refractivity (Wildman–Crippen MR) is 106 cm³/mol. The predicted octanol–water partition coefficient (Wildman–Crippen LogP) is 3.15. The third-order valence-electron chi connectivity index (χ3n) is 4.13. The van der Waals surface area contributed by atoms with Crippen LogP contribution >= 0.6 is 0 Å². The molecule has 0 bridgehead atoms. The highest BCUT2D eigenvalue weighted by Crippen LogP contribution is 2.18. The molecule has 0 aliphatic carbocycles. The van der Waals surface area contributed by atoms with E-state index >= 15 is 0 Å². The van der Waals surface area contributed by atoms with Gasteiger partial charge in [0.1, 0.15) is 12.4 Å². The van der Waals surface area contributed by atoms with Gasteiger partial charge in [-0.1, -0.05) is 29.8 Å². The zero-order chi connectivity index (χ0) is 20.0. The molecule has 2 rings (SSSR count). The Morgan fingerprint density at radius 1 is 1.11 bits per heavy atom. The fourth-order valence-electron chi connectivity index (χ4n) is 2.62. The lowest BCUT2D eigenvalue weighted by Crippen LogP contribution is -2.39. The van der Waals surface area contributed by atoms with Crippen molar-refractivity contribution in [3.63, 3.8) is 0 Å². The first-order chi connectivity index (χ1) is 12.7. The molecular formula is C20H26N2O4S. The second-order valence-electron chi connectivity index (χ2n) is 6.58. The lowest BCUT2D eigenvalue weighted by Gasteiger charge is -2.16. The zero-order valence-electron chi connectivity index (χ0n) is 16.1. The van der Waals surface area contributed by atoms with E-state index in [1.165, 1.54) is 5.56 Å². The van der Waals surface area contributed by atoms with Gasteiger partial charge in [0, 0.05) is 6.26 Å². The van der Waals surface area contributed by atoms with Crippen molar-refractivity contribution in [3.05, 3.63) is 59.2 Å². The van der Waals surface area contributed by atoms with Crippen molar-refractivity contribution < 1.29 is 17.9 Å². The number of aryl methyl sites for hydroxylation is 2. The average Bonchev–Trinajstić information content (AvgIpc) is 2.59. The van der Waals surface area contributed by atoms with Crippen LogP contribution in [0.5, 0.6) is 5.75 Å². The molecule has 0 aliphatic rings. The van der Waals surface area contributed by atoms with Gasteiger partial charge in [-0.15, -0.1) is 0 Å². The van der Waals surface area contributed by atoms with Crippen molar-refractivity contribution in [1.82, 2.24) is 10.6 Å². The molecule has 0 fully saturated rings. The van der Waals surface area contributed by atoms with E-state index in [-0.39, 0.29) is 17.0 Å². The minimum absolute atomic E-state index is 0.251. The highest BCUT2D eigenvalue weighted by atomic mass is 32.2. The van der Waals surface area contributed by atoms with Gasteiger partial charge in [0.2, 0.25) is 0 Å². The lowest BCUT2D eigenvalue weighted by atomic mass is 10.1. The number of nitrogens with one attached hydrogen (secondary N) is 2. The number of carbonyl (C=O) groups is 1. The van der Waals surface area contributed by atoms with Crippen molar-refractivity contribution in [1.29, 1.82) is 0 Å². The van der Waals surface area contributed by atoms with E-state index in [4.69, 9.17) is 4.74 Å². The maximum Gasteiger partial charge on any atom is 0.315 e. The van der Waals surface area contributed by atoms with Crippen LogP contribution < -0.4 is 15.4 Å². The third-order valence-corrected chi connectivity index (χ3v) is 5.26. The topological polar surface area (TPSA) is 84.5 Å². The maximum atomic E-state index is 12.0. The molecule has 27 heavy (non-hydrogen) atoms. The minimum Gasteiger partial charge on any atom is -0.491 e. The van der Waals surface area contributed by atoms with Crippen LogP contribution in [0.1, 0.15) is 29.7 Å². The lowest BCUT2D eigenvalue weighted by molar-refractivity contribution is 0.233. The van der Waals surface area contributed by atoms with E-state index in [9.17, 15) is 13.2 Å². The number of carbonyl (C=O) groups excluding carboxylic acids is 1. The van der Waals surface area contributed by atoms with E-state index in [1.807, 2.05) is 39.0 Å². The second-order valence-corrected chi connectivity index (χ2v) is 8.60. The van der Waals surface area contributed by atoms with Gasteiger partial charge in [0.15, 0.2) is 9.84 Å². The molecule has 2 aromatic rings. The Kier molecular flexibility index (Phi) is 6.85. The van der Waals surface area contributed by atoms with E-state index in [1.54, 1.807) is 24.3 Å². The van der Waals surface area contributed by atoms with Crippen LogP contribution in [0, 0.1) is 13.8 Å². The fraction of sp³-hybridized carbons (Fsp3) is 0.350. The number of ether oxygens (including phenoxy) is 1. The van der Waals surface area contributed by atoms with Gasteiger partial charge in [-0.05, 0) is 50.1 Å². The van der Waals surface area contributed by atoms with Crippen molar-refractivity contribution >= 4 is 15.9 Å². The van der Waals surface area contributed by atoms with Crippen molar-refractivity contribution in [2.75, 3.05) is 19.4 Å². The number of urea groups is 1. The summed E-state index contributed by atoms with van der Waals surface area (Å²) in [5, 5.41) is 5.57. The SMILES string of the molecule is Cc1ccc(OCCNC(=O)N[C@H](C)c2ccc(S(C)(=O)=O)cc2)c(C)c1. The average molecular weight is 391 g/mol. The summed E-state index contributed by atoms with van der Waals surface area (Å²) in [4.78, 5) is 12.3. The summed E-state index contributed by atoms with van der Waals surface area (Å²) in [6.07, 6.45) is 1.16. The number of hydrogen-bond donors (Lipinski definition) is 2. The molecule has 2 amide bonds. The van der Waals surface area contributed by atoms with Gasteiger partial charge >= 0.3 is 6.03 Å². The molecule has 0 spiro atoms. The van der Waals surface area contributed by atoms with Gasteiger partial charge in [-0.2, -0.15) is 0 Å². The van der Waals surface area contributed by atoms with Crippen LogP contribution in [0.2, 0.25) is 0 Å². The van der Waals surface area contributed by atoms with Crippen LogP contribution in [-0.4, -0.2) is 33.9 Å². The molecule has 6 nitrogen and oxygen atoms in total. The number of benzene rings is 2. The van der Waals surface area contributed by atoms with Crippen molar-refractivity contribution in [3.8, 4) is 5.75 Å². The van der Waals surface area contributed by atoms with Gasteiger partial charge in [-0.25, -0.2) is 13.2 Å². The van der Waals surface area contributed by atoms with E-state index in [0.29, 0.717) is 13.2 Å². The van der Waals surface area contributed by atoms with Crippen LogP contribution in [0.25, 0.3) is 0 Å². The largest absolute Gasteiger partial charge is 0.491 e. The summed E-state index contributed by atoms with van der Waals surface area (Å²) < 4.78 is 28.7.